The van der Waals surface area contributed by atoms with E-state index < -0.39 is 0 Å². The zero-order valence-electron chi connectivity index (χ0n) is 5.43. The van der Waals surface area contributed by atoms with Crippen LogP contribution in [0.1, 0.15) is 26.2 Å². The number of carbonyl (C=O) groups is 1. The maximum Gasteiger partial charge on any atom is 0.237 e. The number of halogens is 1. The first-order chi connectivity index (χ1) is 4.22. The molecule has 0 N–H and O–H groups in total. The van der Waals surface area contributed by atoms with Gasteiger partial charge < -0.3 is 0 Å². The Bertz CT molecular complexity index is 126. The lowest BCUT2D eigenvalue weighted by Crippen LogP contribution is -2.34. The number of nitrogens with zero attached hydrogens (tertiary/aromatic N) is 1. The van der Waals surface area contributed by atoms with Crippen molar-refractivity contribution >= 4 is 17.7 Å². The van der Waals surface area contributed by atoms with Gasteiger partial charge in [0.15, 0.2) is 0 Å². The second kappa shape index (κ2) is 2.56. The minimum Gasteiger partial charge on any atom is -0.274 e. The molecular weight excluding hydrogens is 138 g/mol. The van der Waals surface area contributed by atoms with Crippen molar-refractivity contribution in [1.82, 2.24) is 4.42 Å². The van der Waals surface area contributed by atoms with Gasteiger partial charge in [0, 0.05) is 24.2 Å². The van der Waals surface area contributed by atoms with Gasteiger partial charge in [0.2, 0.25) is 5.91 Å². The lowest BCUT2D eigenvalue weighted by molar-refractivity contribution is -0.129. The van der Waals surface area contributed by atoms with E-state index in [4.69, 9.17) is 11.8 Å². The van der Waals surface area contributed by atoms with Crippen molar-refractivity contribution in [3.05, 3.63) is 0 Å². The fourth-order valence-electron chi connectivity index (χ4n) is 1.01. The van der Waals surface area contributed by atoms with E-state index in [1.165, 1.54) is 4.42 Å². The maximum atomic E-state index is 10.8. The zero-order chi connectivity index (χ0) is 6.85. The normalized spacial score (nSPS) is 28.9. The van der Waals surface area contributed by atoms with Crippen molar-refractivity contribution < 1.29 is 4.79 Å². The molecule has 0 aromatic rings. The van der Waals surface area contributed by atoms with Crippen LogP contribution in [0.4, 0.5) is 0 Å². The fraction of sp³-hybridized carbons (Fsp3) is 0.833. The van der Waals surface area contributed by atoms with E-state index in [-0.39, 0.29) is 11.9 Å². The second-order valence-corrected chi connectivity index (χ2v) is 2.81. The first-order valence-corrected chi connectivity index (χ1v) is 3.53. The third-order valence-corrected chi connectivity index (χ3v) is 2.16. The first-order valence-electron chi connectivity index (χ1n) is 3.19. The average molecular weight is 148 g/mol. The molecule has 0 saturated carbocycles. The molecule has 1 rings (SSSR count). The van der Waals surface area contributed by atoms with Gasteiger partial charge >= 0.3 is 0 Å². The largest absolute Gasteiger partial charge is 0.274 e. The SMILES string of the molecule is CC1CCCC(=O)N1Cl. The lowest BCUT2D eigenvalue weighted by atomic mass is 10.1. The van der Waals surface area contributed by atoms with E-state index in [2.05, 4.69) is 0 Å². The Morgan fingerprint density at radius 2 is 2.44 bits per heavy atom. The van der Waals surface area contributed by atoms with Gasteiger partial charge in [0.05, 0.1) is 0 Å². The number of carbonyl (C=O) groups excluding carboxylic acids is 1. The van der Waals surface area contributed by atoms with Gasteiger partial charge in [0.25, 0.3) is 0 Å². The van der Waals surface area contributed by atoms with Crippen molar-refractivity contribution in [2.45, 2.75) is 32.2 Å². The van der Waals surface area contributed by atoms with Crippen LogP contribution >= 0.6 is 11.8 Å². The Balaban J connectivity index is 2.51. The predicted octanol–water partition coefficient (Wildman–Crippen LogP) is 1.54. The van der Waals surface area contributed by atoms with E-state index in [1.807, 2.05) is 6.92 Å². The predicted molar refractivity (Wildman–Crippen MR) is 36.0 cm³/mol. The second-order valence-electron chi connectivity index (χ2n) is 2.45. The minimum absolute atomic E-state index is 0.0652. The Labute approximate surface area is 59.9 Å². The molecule has 52 valence electrons. The molecule has 9 heavy (non-hydrogen) atoms. The Kier molecular flexibility index (Phi) is 1.96. The standard InChI is InChI=1S/C6H10ClNO/c1-5-3-2-4-6(9)8(5)7/h5H,2-4H2,1H3. The van der Waals surface area contributed by atoms with Crippen LogP contribution in [-0.2, 0) is 4.79 Å². The van der Waals surface area contributed by atoms with E-state index in [0.29, 0.717) is 6.42 Å². The number of piperidine rings is 1. The molecule has 0 aromatic heterocycles. The quantitative estimate of drug-likeness (QED) is 0.476. The van der Waals surface area contributed by atoms with Crippen molar-refractivity contribution in [1.29, 1.82) is 0 Å². The van der Waals surface area contributed by atoms with Crippen LogP contribution < -0.4 is 0 Å². The van der Waals surface area contributed by atoms with E-state index >= 15 is 0 Å². The van der Waals surface area contributed by atoms with Crippen molar-refractivity contribution in [3.8, 4) is 0 Å². The molecule has 1 amide bonds. The average Bonchev–Trinajstić information content (AvgIpc) is 1.83. The molecule has 1 heterocycles. The summed E-state index contributed by atoms with van der Waals surface area (Å²) in [4.78, 5) is 10.8. The Morgan fingerprint density at radius 1 is 1.78 bits per heavy atom. The smallest absolute Gasteiger partial charge is 0.237 e. The van der Waals surface area contributed by atoms with Crippen LogP contribution in [0.3, 0.4) is 0 Å². The summed E-state index contributed by atoms with van der Waals surface area (Å²) in [5, 5.41) is 0. The van der Waals surface area contributed by atoms with E-state index in [0.717, 1.165) is 12.8 Å². The summed E-state index contributed by atoms with van der Waals surface area (Å²) in [5.74, 6) is 0.0652. The van der Waals surface area contributed by atoms with Gasteiger partial charge in [-0.2, -0.15) is 0 Å². The summed E-state index contributed by atoms with van der Waals surface area (Å²) < 4.78 is 1.31. The molecule has 0 aliphatic carbocycles. The van der Waals surface area contributed by atoms with Gasteiger partial charge in [-0.1, -0.05) is 0 Å². The molecule has 0 aromatic carbocycles. The molecule has 1 atom stereocenters. The lowest BCUT2D eigenvalue weighted by Gasteiger charge is -2.25. The highest BCUT2D eigenvalue weighted by Crippen LogP contribution is 2.18. The van der Waals surface area contributed by atoms with Crippen LogP contribution in [0, 0.1) is 0 Å². The first kappa shape index (κ1) is 6.87. The molecule has 2 nitrogen and oxygen atoms in total. The van der Waals surface area contributed by atoms with Crippen molar-refractivity contribution in [2.75, 3.05) is 0 Å². The van der Waals surface area contributed by atoms with Gasteiger partial charge in [0.1, 0.15) is 0 Å². The summed E-state index contributed by atoms with van der Waals surface area (Å²) in [7, 11) is 0. The highest BCUT2D eigenvalue weighted by molar-refractivity contribution is 6.21. The third kappa shape index (κ3) is 1.36. The van der Waals surface area contributed by atoms with Gasteiger partial charge in [-0.15, -0.1) is 0 Å². The molecule has 1 aliphatic rings. The van der Waals surface area contributed by atoms with Gasteiger partial charge in [-0.3, -0.25) is 9.21 Å². The van der Waals surface area contributed by atoms with E-state index in [1.54, 1.807) is 0 Å². The third-order valence-electron chi connectivity index (χ3n) is 1.64. The summed E-state index contributed by atoms with van der Waals surface area (Å²) in [5.41, 5.74) is 0. The van der Waals surface area contributed by atoms with Crippen molar-refractivity contribution in [3.63, 3.8) is 0 Å². The molecule has 0 spiro atoms. The Hall–Kier alpha value is -0.240. The molecule has 0 radical (unpaired) electrons. The monoisotopic (exact) mass is 147 g/mol. The molecule has 1 unspecified atom stereocenters. The van der Waals surface area contributed by atoms with Crippen molar-refractivity contribution in [2.24, 2.45) is 0 Å². The molecule has 3 heteroatoms. The Morgan fingerprint density at radius 3 is 2.89 bits per heavy atom. The van der Waals surface area contributed by atoms with Crippen LogP contribution in [0.15, 0.2) is 0 Å². The maximum absolute atomic E-state index is 10.8. The topological polar surface area (TPSA) is 20.3 Å². The van der Waals surface area contributed by atoms with Gasteiger partial charge in [-0.25, -0.2) is 0 Å². The highest BCUT2D eigenvalue weighted by atomic mass is 35.5. The summed E-state index contributed by atoms with van der Waals surface area (Å²) in [6, 6.07) is 0.230. The number of hydrogen-bond acceptors (Lipinski definition) is 1. The van der Waals surface area contributed by atoms with Crippen LogP contribution in [-0.4, -0.2) is 16.4 Å². The number of rotatable bonds is 0. The molecule has 1 saturated heterocycles. The van der Waals surface area contributed by atoms with Crippen LogP contribution in [0.2, 0.25) is 0 Å². The number of hydrogen-bond donors (Lipinski definition) is 0. The van der Waals surface area contributed by atoms with Crippen LogP contribution in [0.25, 0.3) is 0 Å². The van der Waals surface area contributed by atoms with Crippen LogP contribution in [0.5, 0.6) is 0 Å². The zero-order valence-corrected chi connectivity index (χ0v) is 6.19. The molecule has 1 aliphatic heterocycles. The minimum atomic E-state index is 0.0652. The molecular formula is C6H10ClNO. The molecule has 1 fully saturated rings. The molecule has 0 bridgehead atoms. The summed E-state index contributed by atoms with van der Waals surface area (Å²) >= 11 is 5.60. The summed E-state index contributed by atoms with van der Waals surface area (Å²) in [6.45, 7) is 1.96. The number of amides is 1. The summed E-state index contributed by atoms with van der Waals surface area (Å²) in [6.07, 6.45) is 2.65. The van der Waals surface area contributed by atoms with Gasteiger partial charge in [-0.05, 0) is 19.8 Å². The van der Waals surface area contributed by atoms with E-state index in [9.17, 15) is 4.79 Å². The fourth-order valence-corrected chi connectivity index (χ4v) is 1.20. The highest BCUT2D eigenvalue weighted by Gasteiger charge is 2.22.